The van der Waals surface area contributed by atoms with Crippen molar-refractivity contribution < 1.29 is 18.4 Å². The van der Waals surface area contributed by atoms with Crippen LogP contribution in [-0.4, -0.2) is 55.4 Å². The number of rotatable bonds is 7. The van der Waals surface area contributed by atoms with E-state index in [9.17, 15) is 9.18 Å². The number of nitrogens with zero attached hydrogens (tertiary/aromatic N) is 6. The van der Waals surface area contributed by atoms with Crippen LogP contribution in [0.25, 0.3) is 22.6 Å². The van der Waals surface area contributed by atoms with Gasteiger partial charge in [-0.3, -0.25) is 4.79 Å². The zero-order valence-electron chi connectivity index (χ0n) is 17.6. The van der Waals surface area contributed by atoms with Crippen LogP contribution in [0.2, 0.25) is 0 Å². The highest BCUT2D eigenvalue weighted by Gasteiger charge is 2.40. The minimum absolute atomic E-state index is 0.00308. The normalized spacial score (nSPS) is 14.6. The molecular formula is C22H19FN6O4. The van der Waals surface area contributed by atoms with Crippen LogP contribution in [0.4, 0.5) is 4.39 Å². The lowest BCUT2D eigenvalue weighted by Crippen LogP contribution is -2.50. The minimum Gasteiger partial charge on any atom is -0.460 e. The van der Waals surface area contributed by atoms with Crippen LogP contribution in [0.15, 0.2) is 58.1 Å². The summed E-state index contributed by atoms with van der Waals surface area (Å²) in [5.41, 5.74) is 1.14. The Balaban J connectivity index is 1.30. The third-order valence-electron chi connectivity index (χ3n) is 5.03. The molecule has 1 saturated heterocycles. The number of halogens is 1. The van der Waals surface area contributed by atoms with E-state index < -0.39 is 5.67 Å². The first kappa shape index (κ1) is 20.9. The molecule has 5 rings (SSSR count). The fraction of sp³-hybridized carbons (Fsp3) is 0.273. The number of ether oxygens (including phenoxy) is 2. The quantitative estimate of drug-likeness (QED) is 0.418. The molecule has 0 bridgehead atoms. The van der Waals surface area contributed by atoms with Crippen molar-refractivity contribution in [3.63, 3.8) is 0 Å². The van der Waals surface area contributed by atoms with Crippen LogP contribution in [-0.2, 0) is 11.3 Å². The first-order chi connectivity index (χ1) is 16.0. The first-order valence-electron chi connectivity index (χ1n) is 10.2. The summed E-state index contributed by atoms with van der Waals surface area (Å²) >= 11 is 0. The van der Waals surface area contributed by atoms with Crippen LogP contribution in [0, 0.1) is 6.92 Å². The highest BCUT2D eigenvalue weighted by atomic mass is 19.1. The van der Waals surface area contributed by atoms with Crippen molar-refractivity contribution in [2.24, 2.45) is 0 Å². The molecule has 11 heteroatoms. The van der Waals surface area contributed by atoms with Gasteiger partial charge in [-0.05, 0) is 13.0 Å². The predicted octanol–water partition coefficient (Wildman–Crippen LogP) is 2.22. The summed E-state index contributed by atoms with van der Waals surface area (Å²) in [6.45, 7) is 1.83. The molecular weight excluding hydrogens is 431 g/mol. The van der Waals surface area contributed by atoms with Gasteiger partial charge in [0.05, 0.1) is 18.9 Å². The molecule has 0 unspecified atom stereocenters. The Morgan fingerprint density at radius 2 is 1.85 bits per heavy atom. The lowest BCUT2D eigenvalue weighted by molar-refractivity contribution is -0.147. The van der Waals surface area contributed by atoms with Crippen molar-refractivity contribution in [1.82, 2.24) is 29.9 Å². The lowest BCUT2D eigenvalue weighted by Gasteiger charge is -2.32. The smallest absolute Gasteiger partial charge is 0.316 e. The first-order valence-corrected chi connectivity index (χ1v) is 10.2. The van der Waals surface area contributed by atoms with Gasteiger partial charge in [-0.1, -0.05) is 35.0 Å². The number of aryl methyl sites for hydroxylation is 1. The average molecular weight is 450 g/mol. The SMILES string of the molecule is Cc1ccc(-c2noc(Cn3nc(-c4cnc(OCC5(F)COC5)nc4)ccc3=O)n2)cc1. The Morgan fingerprint density at radius 3 is 2.55 bits per heavy atom. The van der Waals surface area contributed by atoms with Crippen LogP contribution in [0.1, 0.15) is 11.5 Å². The molecule has 1 aromatic carbocycles. The summed E-state index contributed by atoms with van der Waals surface area (Å²) in [7, 11) is 0. The topological polar surface area (TPSA) is 118 Å². The van der Waals surface area contributed by atoms with E-state index in [0.717, 1.165) is 11.1 Å². The highest BCUT2D eigenvalue weighted by Crippen LogP contribution is 2.23. The molecule has 1 fully saturated rings. The van der Waals surface area contributed by atoms with Crippen molar-refractivity contribution in [3.8, 4) is 28.7 Å². The molecule has 0 amide bonds. The van der Waals surface area contributed by atoms with Gasteiger partial charge in [-0.25, -0.2) is 19.0 Å². The maximum absolute atomic E-state index is 13.9. The summed E-state index contributed by atoms with van der Waals surface area (Å²) in [5, 5.41) is 8.33. The fourth-order valence-corrected chi connectivity index (χ4v) is 3.11. The van der Waals surface area contributed by atoms with Crippen molar-refractivity contribution in [1.29, 1.82) is 0 Å². The van der Waals surface area contributed by atoms with E-state index in [1.54, 1.807) is 6.07 Å². The van der Waals surface area contributed by atoms with E-state index in [0.29, 0.717) is 17.1 Å². The molecule has 1 aliphatic heterocycles. The summed E-state index contributed by atoms with van der Waals surface area (Å²) in [6.07, 6.45) is 2.98. The molecule has 0 N–H and O–H groups in total. The molecule has 0 saturated carbocycles. The Morgan fingerprint density at radius 1 is 1.09 bits per heavy atom. The van der Waals surface area contributed by atoms with E-state index in [1.807, 2.05) is 31.2 Å². The molecule has 3 aromatic heterocycles. The number of aromatic nitrogens is 6. The Hall–Kier alpha value is -3.99. The molecule has 0 aliphatic carbocycles. The second-order valence-electron chi connectivity index (χ2n) is 7.78. The van der Waals surface area contributed by atoms with E-state index >= 15 is 0 Å². The van der Waals surface area contributed by atoms with Gasteiger partial charge in [0.1, 0.15) is 13.2 Å². The number of hydrogen-bond acceptors (Lipinski definition) is 9. The summed E-state index contributed by atoms with van der Waals surface area (Å²) < 4.78 is 30.6. The summed E-state index contributed by atoms with van der Waals surface area (Å²) in [5.74, 6) is 0.680. The van der Waals surface area contributed by atoms with Crippen molar-refractivity contribution in [3.05, 3.63) is 70.6 Å². The van der Waals surface area contributed by atoms with E-state index in [2.05, 4.69) is 25.2 Å². The van der Waals surface area contributed by atoms with E-state index in [-0.39, 0.29) is 43.8 Å². The Kier molecular flexibility index (Phi) is 5.38. The van der Waals surface area contributed by atoms with Gasteiger partial charge in [0.25, 0.3) is 5.56 Å². The second-order valence-corrected chi connectivity index (χ2v) is 7.78. The molecule has 10 nitrogen and oxygen atoms in total. The zero-order valence-corrected chi connectivity index (χ0v) is 17.6. The second kappa shape index (κ2) is 8.51. The summed E-state index contributed by atoms with van der Waals surface area (Å²) in [6, 6.07) is 10.7. The average Bonchev–Trinajstić information content (AvgIpc) is 3.27. The Labute approximate surface area is 187 Å². The number of hydrogen-bond donors (Lipinski definition) is 0. The van der Waals surface area contributed by atoms with Crippen molar-refractivity contribution in [2.75, 3.05) is 19.8 Å². The molecule has 33 heavy (non-hydrogen) atoms. The Bertz CT molecular complexity index is 1320. The maximum atomic E-state index is 13.9. The third-order valence-corrected chi connectivity index (χ3v) is 5.03. The predicted molar refractivity (Wildman–Crippen MR) is 113 cm³/mol. The van der Waals surface area contributed by atoms with Gasteiger partial charge in [0.15, 0.2) is 5.67 Å². The van der Waals surface area contributed by atoms with Crippen molar-refractivity contribution >= 4 is 0 Å². The molecule has 4 heterocycles. The monoisotopic (exact) mass is 450 g/mol. The van der Waals surface area contributed by atoms with Crippen LogP contribution >= 0.6 is 0 Å². The van der Waals surface area contributed by atoms with Crippen LogP contribution in [0.3, 0.4) is 0 Å². The lowest BCUT2D eigenvalue weighted by atomic mass is 10.1. The van der Waals surface area contributed by atoms with Gasteiger partial charge >= 0.3 is 6.01 Å². The highest BCUT2D eigenvalue weighted by molar-refractivity contribution is 5.56. The fourth-order valence-electron chi connectivity index (χ4n) is 3.11. The molecule has 1 aliphatic rings. The van der Waals surface area contributed by atoms with Gasteiger partial charge in [0, 0.05) is 29.6 Å². The van der Waals surface area contributed by atoms with Gasteiger partial charge in [0.2, 0.25) is 11.7 Å². The minimum atomic E-state index is -1.49. The van der Waals surface area contributed by atoms with Crippen LogP contribution < -0.4 is 10.3 Å². The van der Waals surface area contributed by atoms with Crippen molar-refractivity contribution in [2.45, 2.75) is 19.1 Å². The standard InChI is InChI=1S/C22H19FN6O4/c1-14-2-4-15(5-3-14)20-26-18(33-28-20)10-29-19(30)7-6-17(27-29)16-8-24-21(25-9-16)32-13-22(23)11-31-12-22/h2-9H,10-13H2,1H3. The molecule has 0 atom stereocenters. The van der Waals surface area contributed by atoms with Gasteiger partial charge in [-0.2, -0.15) is 10.1 Å². The van der Waals surface area contributed by atoms with Gasteiger partial charge < -0.3 is 14.0 Å². The zero-order chi connectivity index (χ0) is 22.8. The molecule has 168 valence electrons. The molecule has 0 spiro atoms. The number of benzene rings is 1. The maximum Gasteiger partial charge on any atom is 0.316 e. The summed E-state index contributed by atoms with van der Waals surface area (Å²) in [4.78, 5) is 24.8. The van der Waals surface area contributed by atoms with Crippen LogP contribution in [0.5, 0.6) is 6.01 Å². The van der Waals surface area contributed by atoms with Gasteiger partial charge in [-0.15, -0.1) is 0 Å². The molecule has 4 aromatic rings. The molecule has 0 radical (unpaired) electrons. The number of alkyl halides is 1. The third kappa shape index (κ3) is 4.62. The van der Waals surface area contributed by atoms with E-state index in [4.69, 9.17) is 14.0 Å². The largest absolute Gasteiger partial charge is 0.460 e. The van der Waals surface area contributed by atoms with E-state index in [1.165, 1.54) is 23.1 Å².